The number of carbonyl (C=O) groups is 1. The average molecular weight is 357 g/mol. The first-order chi connectivity index (χ1) is 12.2. The molecule has 0 aromatic rings. The molecule has 146 valence electrons. The molecule has 1 atom stereocenters. The Kier molecular flexibility index (Phi) is 12.1. The molecule has 0 saturated carbocycles. The summed E-state index contributed by atoms with van der Waals surface area (Å²) in [6.45, 7) is 11.9. The van der Waals surface area contributed by atoms with Gasteiger partial charge >= 0.3 is 0 Å². The molecular formula is C18H36N4O3. The first-order valence-corrected chi connectivity index (χ1v) is 9.70. The van der Waals surface area contributed by atoms with Crippen molar-refractivity contribution in [2.24, 2.45) is 4.99 Å². The molecule has 0 aromatic heterocycles. The first-order valence-electron chi connectivity index (χ1n) is 9.70. The Balaban J connectivity index is 2.16. The third-order valence-electron chi connectivity index (χ3n) is 4.14. The van der Waals surface area contributed by atoms with Crippen molar-refractivity contribution in [2.75, 3.05) is 52.5 Å². The van der Waals surface area contributed by atoms with Gasteiger partial charge < -0.3 is 25.0 Å². The van der Waals surface area contributed by atoms with Crippen LogP contribution in [0.15, 0.2) is 4.99 Å². The minimum Gasteiger partial charge on any atom is -0.379 e. The van der Waals surface area contributed by atoms with Crippen molar-refractivity contribution in [1.82, 2.24) is 15.5 Å². The molecule has 0 spiro atoms. The van der Waals surface area contributed by atoms with Crippen molar-refractivity contribution in [3.63, 3.8) is 0 Å². The number of nitrogens with zero attached hydrogens (tertiary/aromatic N) is 2. The molecular weight excluding hydrogens is 320 g/mol. The maximum atomic E-state index is 12.0. The second kappa shape index (κ2) is 13.9. The van der Waals surface area contributed by atoms with Crippen LogP contribution < -0.4 is 10.6 Å². The Labute approximate surface area is 152 Å². The smallest absolute Gasteiger partial charge is 0.224 e. The van der Waals surface area contributed by atoms with Crippen LogP contribution in [-0.4, -0.2) is 75.4 Å². The van der Waals surface area contributed by atoms with Gasteiger partial charge in [-0.05, 0) is 40.0 Å². The molecule has 7 heteroatoms. The van der Waals surface area contributed by atoms with E-state index in [2.05, 4.69) is 15.6 Å². The summed E-state index contributed by atoms with van der Waals surface area (Å²) in [4.78, 5) is 18.4. The zero-order valence-corrected chi connectivity index (χ0v) is 16.2. The SMILES string of the molecule is CCNC(=NCCCOCC1CCCO1)NCCC(=O)N(CC)CC. The minimum atomic E-state index is 0.177. The second-order valence-corrected chi connectivity index (χ2v) is 6.07. The lowest BCUT2D eigenvalue weighted by Crippen LogP contribution is -2.40. The van der Waals surface area contributed by atoms with E-state index in [0.717, 1.165) is 51.5 Å². The first kappa shape index (κ1) is 21.7. The summed E-state index contributed by atoms with van der Waals surface area (Å²) < 4.78 is 11.2. The summed E-state index contributed by atoms with van der Waals surface area (Å²) in [5.41, 5.74) is 0. The van der Waals surface area contributed by atoms with Crippen LogP contribution >= 0.6 is 0 Å². The van der Waals surface area contributed by atoms with Gasteiger partial charge in [0, 0.05) is 52.4 Å². The summed E-state index contributed by atoms with van der Waals surface area (Å²) in [5, 5.41) is 6.42. The Morgan fingerprint density at radius 1 is 1.28 bits per heavy atom. The Morgan fingerprint density at radius 3 is 2.72 bits per heavy atom. The summed E-state index contributed by atoms with van der Waals surface area (Å²) in [7, 11) is 0. The average Bonchev–Trinajstić information content (AvgIpc) is 3.12. The molecule has 1 fully saturated rings. The number of ether oxygens (including phenoxy) is 2. The maximum absolute atomic E-state index is 12.0. The lowest BCUT2D eigenvalue weighted by atomic mass is 10.2. The standard InChI is InChI=1S/C18H36N4O3/c1-4-19-18(21-12-10-17(23)22(5-2)6-3)20-11-8-13-24-15-16-9-7-14-25-16/h16H,4-15H2,1-3H3,(H2,19,20,21). The molecule has 1 saturated heterocycles. The van der Waals surface area contributed by atoms with E-state index in [-0.39, 0.29) is 12.0 Å². The van der Waals surface area contributed by atoms with Crippen molar-refractivity contribution >= 4 is 11.9 Å². The molecule has 1 aliphatic heterocycles. The molecule has 1 amide bonds. The van der Waals surface area contributed by atoms with Crippen molar-refractivity contribution in [3.8, 4) is 0 Å². The van der Waals surface area contributed by atoms with Crippen LogP contribution in [-0.2, 0) is 14.3 Å². The number of carbonyl (C=O) groups excluding carboxylic acids is 1. The van der Waals surface area contributed by atoms with Crippen LogP contribution in [0.25, 0.3) is 0 Å². The van der Waals surface area contributed by atoms with E-state index in [4.69, 9.17) is 9.47 Å². The normalized spacial score (nSPS) is 17.6. The van der Waals surface area contributed by atoms with E-state index < -0.39 is 0 Å². The zero-order chi connectivity index (χ0) is 18.3. The fourth-order valence-corrected chi connectivity index (χ4v) is 2.71. The molecule has 7 nitrogen and oxygen atoms in total. The molecule has 1 heterocycles. The van der Waals surface area contributed by atoms with Gasteiger partial charge in [0.05, 0.1) is 12.7 Å². The third kappa shape index (κ3) is 9.65. The molecule has 2 N–H and O–H groups in total. The number of rotatable bonds is 12. The highest BCUT2D eigenvalue weighted by Crippen LogP contribution is 2.11. The number of aliphatic imine (C=N–C) groups is 1. The lowest BCUT2D eigenvalue weighted by molar-refractivity contribution is -0.130. The topological polar surface area (TPSA) is 75.2 Å². The highest BCUT2D eigenvalue weighted by atomic mass is 16.5. The minimum absolute atomic E-state index is 0.177. The van der Waals surface area contributed by atoms with Gasteiger partial charge in [-0.15, -0.1) is 0 Å². The molecule has 0 bridgehead atoms. The van der Waals surface area contributed by atoms with Crippen molar-refractivity contribution in [3.05, 3.63) is 0 Å². The highest BCUT2D eigenvalue weighted by Gasteiger charge is 2.14. The molecule has 0 radical (unpaired) electrons. The van der Waals surface area contributed by atoms with Crippen LogP contribution in [0, 0.1) is 0 Å². The van der Waals surface area contributed by atoms with Crippen LogP contribution in [0.5, 0.6) is 0 Å². The predicted molar refractivity (Wildman–Crippen MR) is 101 cm³/mol. The lowest BCUT2D eigenvalue weighted by Gasteiger charge is -2.19. The number of guanidine groups is 1. The number of nitrogens with one attached hydrogen (secondary N) is 2. The van der Waals surface area contributed by atoms with Gasteiger partial charge in [0.15, 0.2) is 5.96 Å². The van der Waals surface area contributed by atoms with Crippen LogP contribution in [0.4, 0.5) is 0 Å². The third-order valence-corrected chi connectivity index (χ3v) is 4.14. The van der Waals surface area contributed by atoms with E-state index in [1.54, 1.807) is 0 Å². The van der Waals surface area contributed by atoms with Gasteiger partial charge in [-0.2, -0.15) is 0 Å². The van der Waals surface area contributed by atoms with E-state index >= 15 is 0 Å². The van der Waals surface area contributed by atoms with E-state index in [1.165, 1.54) is 0 Å². The van der Waals surface area contributed by atoms with Crippen LogP contribution in [0.2, 0.25) is 0 Å². The van der Waals surface area contributed by atoms with Gasteiger partial charge in [-0.1, -0.05) is 0 Å². The molecule has 25 heavy (non-hydrogen) atoms. The second-order valence-electron chi connectivity index (χ2n) is 6.07. The van der Waals surface area contributed by atoms with E-state index in [0.29, 0.717) is 32.7 Å². The van der Waals surface area contributed by atoms with Crippen molar-refractivity contribution < 1.29 is 14.3 Å². The maximum Gasteiger partial charge on any atom is 0.224 e. The predicted octanol–water partition coefficient (Wildman–Crippen LogP) is 1.39. The number of hydrogen-bond donors (Lipinski definition) is 2. The molecule has 1 aliphatic rings. The molecule has 0 aliphatic carbocycles. The Bertz CT molecular complexity index is 381. The number of amides is 1. The molecule has 1 rings (SSSR count). The van der Waals surface area contributed by atoms with Crippen LogP contribution in [0.3, 0.4) is 0 Å². The zero-order valence-electron chi connectivity index (χ0n) is 16.2. The largest absolute Gasteiger partial charge is 0.379 e. The monoisotopic (exact) mass is 356 g/mol. The molecule has 0 aromatic carbocycles. The Morgan fingerprint density at radius 2 is 2.08 bits per heavy atom. The number of hydrogen-bond acceptors (Lipinski definition) is 4. The summed E-state index contributed by atoms with van der Waals surface area (Å²) >= 11 is 0. The van der Waals surface area contributed by atoms with Crippen LogP contribution in [0.1, 0.15) is 46.5 Å². The summed E-state index contributed by atoms with van der Waals surface area (Å²) in [6, 6.07) is 0. The fourth-order valence-electron chi connectivity index (χ4n) is 2.71. The van der Waals surface area contributed by atoms with E-state index in [9.17, 15) is 4.79 Å². The van der Waals surface area contributed by atoms with E-state index in [1.807, 2.05) is 25.7 Å². The summed E-state index contributed by atoms with van der Waals surface area (Å²) in [5.74, 6) is 0.935. The Hall–Kier alpha value is -1.34. The summed E-state index contributed by atoms with van der Waals surface area (Å²) in [6.07, 6.45) is 3.90. The van der Waals surface area contributed by atoms with Gasteiger partial charge in [-0.3, -0.25) is 9.79 Å². The van der Waals surface area contributed by atoms with Crippen molar-refractivity contribution in [2.45, 2.75) is 52.6 Å². The van der Waals surface area contributed by atoms with Gasteiger partial charge in [0.2, 0.25) is 5.91 Å². The highest BCUT2D eigenvalue weighted by molar-refractivity contribution is 5.81. The quantitative estimate of drug-likeness (QED) is 0.314. The molecule has 1 unspecified atom stereocenters. The van der Waals surface area contributed by atoms with Crippen molar-refractivity contribution in [1.29, 1.82) is 0 Å². The van der Waals surface area contributed by atoms with Gasteiger partial charge in [-0.25, -0.2) is 0 Å². The van der Waals surface area contributed by atoms with Gasteiger partial charge in [0.1, 0.15) is 0 Å². The van der Waals surface area contributed by atoms with Gasteiger partial charge in [0.25, 0.3) is 0 Å². The fraction of sp³-hybridized carbons (Fsp3) is 0.889.